The molecule has 118 heavy (non-hydrogen) atoms. The van der Waals surface area contributed by atoms with Crippen LogP contribution in [0.1, 0.15) is 505 Å². The first-order chi connectivity index (χ1) is 58.1. The second-order valence-electron chi connectivity index (χ2n) is 36.4. The topological polar surface area (TPSA) is 112 Å². The molecule has 0 spiro atoms. The summed E-state index contributed by atoms with van der Waals surface area (Å²) in [5, 5.41) is 26.5. The summed E-state index contributed by atoms with van der Waals surface area (Å²) in [6, 6.07) is 18.4. The van der Waals surface area contributed by atoms with Gasteiger partial charge in [0.05, 0.1) is 0 Å². The van der Waals surface area contributed by atoms with Crippen molar-refractivity contribution in [1.82, 2.24) is 0 Å². The highest BCUT2D eigenvalue weighted by molar-refractivity contribution is 5.81. The van der Waals surface area contributed by atoms with Gasteiger partial charge in [-0.2, -0.15) is 0 Å². The molecule has 4 aromatic rings. The highest BCUT2D eigenvalue weighted by Crippen LogP contribution is 2.42. The van der Waals surface area contributed by atoms with E-state index in [9.17, 15) is 19.8 Å². The lowest BCUT2D eigenvalue weighted by molar-refractivity contribution is -0.139. The van der Waals surface area contributed by atoms with Gasteiger partial charge in [0.25, 0.3) is 0 Å². The molecule has 0 heterocycles. The van der Waals surface area contributed by atoms with Crippen LogP contribution in [0, 0.1) is 0 Å². The molecule has 2 N–H and O–H groups in total. The van der Waals surface area contributed by atoms with E-state index in [-0.39, 0.29) is 37.9 Å². The van der Waals surface area contributed by atoms with Gasteiger partial charge in [-0.3, -0.25) is 0 Å². The number of fused-ring (bicyclic) bond motifs is 8. The Hall–Kier alpha value is -5.50. The molecule has 0 atom stereocenters. The lowest BCUT2D eigenvalue weighted by atomic mass is 9.87. The van der Waals surface area contributed by atoms with Gasteiger partial charge in [-0.05, 0) is 118 Å². The molecule has 0 saturated carbocycles. The first kappa shape index (κ1) is 103. The normalized spacial score (nSPS) is 12.0. The molecule has 1 aliphatic rings. The Balaban J connectivity index is 1.51. The Labute approximate surface area is 726 Å². The Bertz CT molecular complexity index is 2870. The maximum atomic E-state index is 13.2. The molecule has 8 nitrogen and oxygen atoms in total. The van der Waals surface area contributed by atoms with Crippen LogP contribution in [0.25, 0.3) is 0 Å². The van der Waals surface area contributed by atoms with E-state index in [2.05, 4.69) is 89.4 Å². The molecule has 1 aliphatic carbocycles. The van der Waals surface area contributed by atoms with Crippen molar-refractivity contribution in [2.45, 2.75) is 490 Å². The molecule has 0 radical (unpaired) electrons. The highest BCUT2D eigenvalue weighted by Gasteiger charge is 2.25. The zero-order valence-electron chi connectivity index (χ0n) is 77.3. The van der Waals surface area contributed by atoms with Crippen LogP contribution in [0.3, 0.4) is 0 Å². The number of phenols is 2. The number of phenolic OH excluding ortho intramolecular Hbond substituents is 2. The third-order valence-corrected chi connectivity index (χ3v) is 25.5. The van der Waals surface area contributed by atoms with E-state index in [1.807, 2.05) is 0 Å². The highest BCUT2D eigenvalue weighted by atomic mass is 16.6. The third-order valence-electron chi connectivity index (χ3n) is 25.5. The number of hydrogen-bond donors (Lipinski definition) is 2. The van der Waals surface area contributed by atoms with Crippen molar-refractivity contribution in [2.24, 2.45) is 0 Å². The van der Waals surface area contributed by atoms with Gasteiger partial charge in [0.2, 0.25) is 0 Å². The minimum atomic E-state index is -0.487. The fraction of sp³-hybridized carbons (Fsp3) is 0.727. The Morgan fingerprint density at radius 1 is 0.246 bits per heavy atom. The van der Waals surface area contributed by atoms with Crippen molar-refractivity contribution >= 4 is 11.9 Å². The van der Waals surface area contributed by atoms with Crippen molar-refractivity contribution in [3.63, 3.8) is 0 Å². The van der Waals surface area contributed by atoms with Gasteiger partial charge >= 0.3 is 11.9 Å². The quantitative estimate of drug-likeness (QED) is 0.0225. The predicted molar refractivity (Wildman–Crippen MR) is 507 cm³/mol. The van der Waals surface area contributed by atoms with Gasteiger partial charge in [0.15, 0.2) is 0 Å². The number of carbonyl (C=O) groups is 2. The van der Waals surface area contributed by atoms with Crippen molar-refractivity contribution in [2.75, 3.05) is 26.4 Å². The molecule has 8 heteroatoms. The first-order valence-electron chi connectivity index (χ1n) is 50.9. The number of carbonyl (C=O) groups excluding carboxylic acids is 2. The molecular formula is C110H180O8. The summed E-state index contributed by atoms with van der Waals surface area (Å²) in [6.07, 6.45) is 92.4. The summed E-state index contributed by atoms with van der Waals surface area (Å²) in [5.41, 5.74) is 12.3. The third kappa shape index (κ3) is 49.0. The fourth-order valence-corrected chi connectivity index (χ4v) is 18.3. The number of ether oxygens (including phenoxy) is 4. The second-order valence-corrected chi connectivity index (χ2v) is 36.4. The van der Waals surface area contributed by atoms with E-state index in [1.165, 1.54) is 407 Å². The van der Waals surface area contributed by atoms with Gasteiger partial charge in [-0.25, -0.2) is 9.59 Å². The van der Waals surface area contributed by atoms with Crippen LogP contribution in [0.15, 0.2) is 73.8 Å². The number of rotatable bonds is 78. The molecule has 0 unspecified atom stereocenters. The summed E-state index contributed by atoms with van der Waals surface area (Å²) in [7, 11) is 0. The molecule has 0 amide bonds. The van der Waals surface area contributed by atoms with E-state index < -0.39 is 11.9 Å². The zero-order valence-corrected chi connectivity index (χ0v) is 77.3. The molecule has 0 aromatic heterocycles. The number of aromatic hydroxyl groups is 2. The maximum absolute atomic E-state index is 13.2. The lowest BCUT2D eigenvalue weighted by Crippen LogP contribution is -2.14. The number of hydrogen-bond acceptors (Lipinski definition) is 8. The minimum Gasteiger partial charge on any atom is -0.507 e. The van der Waals surface area contributed by atoms with Gasteiger partial charge in [0.1, 0.15) is 49.4 Å². The zero-order chi connectivity index (χ0) is 84.0. The Morgan fingerprint density at radius 3 is 0.559 bits per heavy atom. The van der Waals surface area contributed by atoms with Gasteiger partial charge in [-0.1, -0.05) is 475 Å². The number of aryl methyl sites for hydroxylation is 4. The molecule has 4 aromatic carbocycles. The first-order valence-corrected chi connectivity index (χ1v) is 50.9. The minimum absolute atomic E-state index is 0.0549. The van der Waals surface area contributed by atoms with Crippen LogP contribution in [0.4, 0.5) is 0 Å². The van der Waals surface area contributed by atoms with E-state index >= 15 is 0 Å². The van der Waals surface area contributed by atoms with E-state index in [1.54, 1.807) is 0 Å². The van der Waals surface area contributed by atoms with Crippen LogP contribution in [0.2, 0.25) is 0 Å². The van der Waals surface area contributed by atoms with Crippen LogP contribution < -0.4 is 9.47 Å². The number of benzene rings is 4. The van der Waals surface area contributed by atoms with Crippen molar-refractivity contribution in [1.29, 1.82) is 0 Å². The van der Waals surface area contributed by atoms with Crippen LogP contribution >= 0.6 is 0 Å². The second kappa shape index (κ2) is 71.0. The van der Waals surface area contributed by atoms with Crippen LogP contribution in [-0.2, 0) is 70.4 Å². The van der Waals surface area contributed by atoms with Crippen molar-refractivity contribution < 1.29 is 38.7 Å². The molecule has 5 rings (SSSR count). The molecule has 8 bridgehead atoms. The summed E-state index contributed by atoms with van der Waals surface area (Å²) in [5.74, 6) is 1.05. The molecule has 668 valence electrons. The average molecular weight is 1630 g/mol. The number of unbranched alkanes of at least 4 members (excludes halogenated alkanes) is 60. The van der Waals surface area contributed by atoms with Crippen LogP contribution in [0.5, 0.6) is 23.0 Å². The SMILES string of the molecule is C=CC(=O)OCCOc1c2cc(CCCCCCCCCCCCCCCCCC)cc1Cc1cc(CCCCCCCCCCCCCCCCCC)cc(c1O)Cc1cc(CCCCCCCCCCCCCCCCCC)cc(c1OCCOC(=O)C=C)Cc1cc(CCCCCCCCCCCCCCCCCC)cc(c1O)C2. The standard InChI is InChI=1S/C110H180O8/c1-7-13-17-21-25-29-33-37-41-45-49-53-57-61-65-69-73-93-81-97-89-101-85-95(75-71-67-63-59-55-51-47-43-39-35-31-27-23-19-15-9-3)87-103(109(101)117-79-77-115-105(111)11-5)91-99-83-94(74-70-66-62-58-54-50-46-42-38-34-30-26-22-18-14-8-2)84-100(108(99)114)92-104-88-96(76-72-68-64-60-56-52-48-44-40-36-32-28-24-20-16-10-4)86-102(90-98(82-93)107(97)113)110(104)118-80-78-116-106(112)12-6/h11-12,81-88,113-114H,5-10,13-80,89-92H2,1-4H3. The van der Waals surface area contributed by atoms with Crippen molar-refractivity contribution in [3.8, 4) is 23.0 Å². The predicted octanol–water partition coefficient (Wildman–Crippen LogP) is 33.2. The summed E-state index contributed by atoms with van der Waals surface area (Å²) >= 11 is 0. The molecule has 0 aliphatic heterocycles. The monoisotopic (exact) mass is 1630 g/mol. The van der Waals surface area contributed by atoms with Crippen molar-refractivity contribution in [3.05, 3.63) is 141 Å². The van der Waals surface area contributed by atoms with Crippen LogP contribution in [-0.4, -0.2) is 48.6 Å². The maximum Gasteiger partial charge on any atom is 0.330 e. The molecular weight excluding hydrogens is 1450 g/mol. The smallest absolute Gasteiger partial charge is 0.330 e. The van der Waals surface area contributed by atoms with E-state index in [4.69, 9.17) is 18.9 Å². The summed E-state index contributed by atoms with van der Waals surface area (Å²) < 4.78 is 25.2. The lowest BCUT2D eigenvalue weighted by Gasteiger charge is -2.23. The van der Waals surface area contributed by atoms with Gasteiger partial charge in [0, 0.05) is 37.8 Å². The average Bonchev–Trinajstić information content (AvgIpc) is 0.783. The van der Waals surface area contributed by atoms with Gasteiger partial charge in [-0.15, -0.1) is 0 Å². The number of esters is 2. The van der Waals surface area contributed by atoms with E-state index in [0.717, 1.165) is 120 Å². The van der Waals surface area contributed by atoms with Gasteiger partial charge < -0.3 is 29.2 Å². The van der Waals surface area contributed by atoms with E-state index in [0.29, 0.717) is 25.7 Å². The molecule has 0 saturated heterocycles. The Kier molecular flexibility index (Phi) is 62.0. The fourth-order valence-electron chi connectivity index (χ4n) is 18.3. The largest absolute Gasteiger partial charge is 0.507 e. The molecule has 0 fully saturated rings. The summed E-state index contributed by atoms with van der Waals surface area (Å²) in [4.78, 5) is 25.2. The summed E-state index contributed by atoms with van der Waals surface area (Å²) in [6.45, 7) is 16.9. The Morgan fingerprint density at radius 2 is 0.398 bits per heavy atom.